The first kappa shape index (κ1) is 21.7. The van der Waals surface area contributed by atoms with E-state index in [1.54, 1.807) is 17.5 Å². The Morgan fingerprint density at radius 3 is 2.52 bits per heavy atom. The molecule has 7 heteroatoms. The molecule has 1 fully saturated rings. The molecule has 2 atom stereocenters. The molecule has 3 aromatic rings. The number of carbonyl (C=O) groups is 1. The van der Waals surface area contributed by atoms with Gasteiger partial charge in [0, 0.05) is 13.1 Å². The molecule has 0 spiro atoms. The van der Waals surface area contributed by atoms with Gasteiger partial charge in [-0.15, -0.1) is 11.3 Å². The summed E-state index contributed by atoms with van der Waals surface area (Å²) in [5, 5.41) is 4.97. The summed E-state index contributed by atoms with van der Waals surface area (Å²) in [7, 11) is -3.55. The van der Waals surface area contributed by atoms with Crippen LogP contribution in [0.4, 0.5) is 0 Å². The molecule has 162 valence electrons. The second kappa shape index (κ2) is 9.34. The maximum atomic E-state index is 13.3. The zero-order valence-electron chi connectivity index (χ0n) is 17.4. The summed E-state index contributed by atoms with van der Waals surface area (Å²) < 4.78 is 27.6. The summed E-state index contributed by atoms with van der Waals surface area (Å²) in [5.41, 5.74) is 3.15. The number of amides is 1. The van der Waals surface area contributed by atoms with Gasteiger partial charge >= 0.3 is 0 Å². The molecule has 1 amide bonds. The lowest BCUT2D eigenvalue weighted by Crippen LogP contribution is -2.46. The van der Waals surface area contributed by atoms with Crippen LogP contribution in [-0.2, 0) is 14.8 Å². The number of benzene rings is 2. The topological polar surface area (TPSA) is 66.5 Å². The zero-order valence-corrected chi connectivity index (χ0v) is 19.0. The maximum Gasteiger partial charge on any atom is 0.252 e. The number of thiophene rings is 1. The van der Waals surface area contributed by atoms with Crippen LogP contribution in [0.2, 0.25) is 0 Å². The van der Waals surface area contributed by atoms with Crippen molar-refractivity contribution in [3.8, 4) is 0 Å². The number of sulfonamides is 1. The van der Waals surface area contributed by atoms with E-state index >= 15 is 0 Å². The van der Waals surface area contributed by atoms with Crippen LogP contribution in [0.3, 0.4) is 0 Å². The molecule has 5 nitrogen and oxygen atoms in total. The monoisotopic (exact) mass is 454 g/mol. The van der Waals surface area contributed by atoms with Crippen LogP contribution >= 0.6 is 11.3 Å². The molecule has 2 heterocycles. The molecule has 0 aliphatic carbocycles. The van der Waals surface area contributed by atoms with Crippen molar-refractivity contribution in [3.05, 3.63) is 88.8 Å². The molecule has 1 aromatic heterocycles. The highest BCUT2D eigenvalue weighted by atomic mass is 32.2. The van der Waals surface area contributed by atoms with E-state index in [0.29, 0.717) is 23.6 Å². The van der Waals surface area contributed by atoms with E-state index in [2.05, 4.69) is 5.32 Å². The summed E-state index contributed by atoms with van der Waals surface area (Å²) in [6.07, 6.45) is 1.35. The van der Waals surface area contributed by atoms with Gasteiger partial charge in [0.25, 0.3) is 10.0 Å². The molecule has 2 aromatic carbocycles. The number of hydrogen-bond acceptors (Lipinski definition) is 4. The summed E-state index contributed by atoms with van der Waals surface area (Å²) in [6, 6.07) is 21.0. The number of rotatable bonds is 6. The molecule has 1 aliphatic rings. The third-order valence-corrected chi connectivity index (χ3v) is 9.00. The van der Waals surface area contributed by atoms with Crippen molar-refractivity contribution < 1.29 is 13.2 Å². The lowest BCUT2D eigenvalue weighted by molar-refractivity contribution is -0.126. The van der Waals surface area contributed by atoms with Crippen molar-refractivity contribution in [2.24, 2.45) is 5.92 Å². The summed E-state index contributed by atoms with van der Waals surface area (Å²) in [4.78, 5) is 13.3. The van der Waals surface area contributed by atoms with E-state index < -0.39 is 10.0 Å². The lowest BCUT2D eigenvalue weighted by atomic mass is 9.93. The molecule has 0 unspecified atom stereocenters. The van der Waals surface area contributed by atoms with Crippen LogP contribution in [0.15, 0.2) is 76.3 Å². The highest BCUT2D eigenvalue weighted by Gasteiger charge is 2.34. The van der Waals surface area contributed by atoms with Crippen molar-refractivity contribution in [2.75, 3.05) is 13.1 Å². The fraction of sp³-hybridized carbons (Fsp3) is 0.292. The molecule has 1 aliphatic heterocycles. The quantitative estimate of drug-likeness (QED) is 0.602. The Kier molecular flexibility index (Phi) is 6.55. The standard InChI is InChI=1S/C24H26N2O3S2/c1-18-9-5-6-13-21(18)23(19-10-3-2-4-11-19)25-24(27)20-12-7-15-26(17-20)31(28,29)22-14-8-16-30-22/h2-6,8-11,13-14,16,20,23H,7,12,15,17H2,1H3,(H,25,27)/t20-,23+/m1/s1. The van der Waals surface area contributed by atoms with Gasteiger partial charge < -0.3 is 5.32 Å². The van der Waals surface area contributed by atoms with Crippen molar-refractivity contribution >= 4 is 27.3 Å². The van der Waals surface area contributed by atoms with Gasteiger partial charge in [-0.2, -0.15) is 4.31 Å². The molecule has 1 N–H and O–H groups in total. The predicted octanol–water partition coefficient (Wildman–Crippen LogP) is 4.36. The van der Waals surface area contributed by atoms with Gasteiger partial charge in [0.05, 0.1) is 12.0 Å². The van der Waals surface area contributed by atoms with Crippen LogP contribution in [0, 0.1) is 12.8 Å². The Balaban J connectivity index is 1.55. The van der Waals surface area contributed by atoms with E-state index in [0.717, 1.165) is 16.7 Å². The molecule has 4 rings (SSSR count). The maximum absolute atomic E-state index is 13.3. The third-order valence-electron chi connectivity index (χ3n) is 5.76. The molecule has 0 radical (unpaired) electrons. The molecule has 0 saturated carbocycles. The van der Waals surface area contributed by atoms with Gasteiger partial charge in [0.2, 0.25) is 5.91 Å². The fourth-order valence-corrected chi connectivity index (χ4v) is 6.74. The SMILES string of the molecule is Cc1ccccc1[C@@H](NC(=O)[C@@H]1CCCN(S(=O)(=O)c2cccs2)C1)c1ccccc1. The lowest BCUT2D eigenvalue weighted by Gasteiger charge is -2.32. The largest absolute Gasteiger partial charge is 0.345 e. The first-order valence-electron chi connectivity index (χ1n) is 10.4. The molecule has 31 heavy (non-hydrogen) atoms. The Hall–Kier alpha value is -2.48. The fourth-order valence-electron chi connectivity index (χ4n) is 4.07. The van der Waals surface area contributed by atoms with E-state index in [1.807, 2.05) is 61.5 Å². The summed E-state index contributed by atoms with van der Waals surface area (Å²) in [6.45, 7) is 2.69. The van der Waals surface area contributed by atoms with E-state index in [-0.39, 0.29) is 24.4 Å². The number of nitrogens with zero attached hydrogens (tertiary/aromatic N) is 1. The van der Waals surface area contributed by atoms with Crippen LogP contribution in [0.25, 0.3) is 0 Å². The van der Waals surface area contributed by atoms with E-state index in [9.17, 15) is 13.2 Å². The Morgan fingerprint density at radius 1 is 1.06 bits per heavy atom. The normalized spacial score (nSPS) is 18.4. The average Bonchev–Trinajstić information content (AvgIpc) is 3.35. The molecular formula is C24H26N2O3S2. The van der Waals surface area contributed by atoms with Crippen LogP contribution in [0.5, 0.6) is 0 Å². The van der Waals surface area contributed by atoms with Crippen LogP contribution < -0.4 is 5.32 Å². The van der Waals surface area contributed by atoms with Crippen molar-refractivity contribution in [2.45, 2.75) is 30.0 Å². The Bertz CT molecular complexity index is 1130. The molecular weight excluding hydrogens is 428 g/mol. The smallest absolute Gasteiger partial charge is 0.252 e. The van der Waals surface area contributed by atoms with Gasteiger partial charge in [0.1, 0.15) is 4.21 Å². The van der Waals surface area contributed by atoms with Gasteiger partial charge in [-0.05, 0) is 47.9 Å². The van der Waals surface area contributed by atoms with Crippen molar-refractivity contribution in [1.82, 2.24) is 9.62 Å². The Morgan fingerprint density at radius 2 is 1.81 bits per heavy atom. The highest BCUT2D eigenvalue weighted by molar-refractivity contribution is 7.91. The van der Waals surface area contributed by atoms with Gasteiger partial charge in [-0.3, -0.25) is 4.79 Å². The van der Waals surface area contributed by atoms with Crippen LogP contribution in [0.1, 0.15) is 35.6 Å². The number of piperidine rings is 1. The van der Waals surface area contributed by atoms with Crippen molar-refractivity contribution in [1.29, 1.82) is 0 Å². The molecule has 1 saturated heterocycles. The molecule has 0 bridgehead atoms. The van der Waals surface area contributed by atoms with Gasteiger partial charge in [0.15, 0.2) is 0 Å². The minimum Gasteiger partial charge on any atom is -0.345 e. The van der Waals surface area contributed by atoms with Gasteiger partial charge in [-0.1, -0.05) is 60.7 Å². The zero-order chi connectivity index (χ0) is 21.8. The third kappa shape index (κ3) is 4.74. The van der Waals surface area contributed by atoms with Crippen LogP contribution in [-0.4, -0.2) is 31.7 Å². The minimum absolute atomic E-state index is 0.108. The predicted molar refractivity (Wildman–Crippen MR) is 123 cm³/mol. The first-order chi connectivity index (χ1) is 15.0. The number of aryl methyl sites for hydroxylation is 1. The van der Waals surface area contributed by atoms with Gasteiger partial charge in [-0.25, -0.2) is 8.42 Å². The van der Waals surface area contributed by atoms with E-state index in [1.165, 1.54) is 15.6 Å². The summed E-state index contributed by atoms with van der Waals surface area (Å²) in [5.74, 6) is -0.484. The van der Waals surface area contributed by atoms with Crippen molar-refractivity contribution in [3.63, 3.8) is 0 Å². The summed E-state index contributed by atoms with van der Waals surface area (Å²) >= 11 is 1.21. The number of hydrogen-bond donors (Lipinski definition) is 1. The minimum atomic E-state index is -3.55. The first-order valence-corrected chi connectivity index (χ1v) is 12.7. The number of carbonyl (C=O) groups excluding carboxylic acids is 1. The average molecular weight is 455 g/mol. The Labute approximate surface area is 187 Å². The van der Waals surface area contributed by atoms with E-state index in [4.69, 9.17) is 0 Å². The second-order valence-electron chi connectivity index (χ2n) is 7.84. The highest BCUT2D eigenvalue weighted by Crippen LogP contribution is 2.29. The number of nitrogens with one attached hydrogen (secondary N) is 1. The second-order valence-corrected chi connectivity index (χ2v) is 11.0.